The Kier molecular flexibility index (Phi) is 6.85. The molecule has 0 unspecified atom stereocenters. The van der Waals surface area contributed by atoms with Gasteiger partial charge in [0.25, 0.3) is 0 Å². The normalized spacial score (nSPS) is 17.3. The second-order valence-corrected chi connectivity index (χ2v) is 7.27. The zero-order valence-electron chi connectivity index (χ0n) is 15.2. The molecule has 27 heavy (non-hydrogen) atoms. The quantitative estimate of drug-likeness (QED) is 0.802. The van der Waals surface area contributed by atoms with Gasteiger partial charge >= 0.3 is 0 Å². The van der Waals surface area contributed by atoms with Crippen molar-refractivity contribution in [1.29, 1.82) is 0 Å². The van der Waals surface area contributed by atoms with Crippen molar-refractivity contribution in [1.82, 2.24) is 10.2 Å². The van der Waals surface area contributed by atoms with Crippen LogP contribution < -0.4 is 10.6 Å². The van der Waals surface area contributed by atoms with Crippen molar-refractivity contribution in [2.45, 2.75) is 19.4 Å². The smallest absolute Gasteiger partial charge is 0.234 e. The van der Waals surface area contributed by atoms with E-state index >= 15 is 0 Å². The molecule has 1 saturated heterocycles. The number of nitrogens with zero attached hydrogens (tertiary/aromatic N) is 1. The monoisotopic (exact) mass is 385 g/mol. The summed E-state index contributed by atoms with van der Waals surface area (Å²) < 4.78 is 0. The molecular weight excluding hydrogens is 362 g/mol. The lowest BCUT2D eigenvalue weighted by atomic mass is 9.97. The summed E-state index contributed by atoms with van der Waals surface area (Å²) in [4.78, 5) is 26.8. The highest BCUT2D eigenvalue weighted by Gasteiger charge is 2.26. The molecule has 142 valence electrons. The van der Waals surface area contributed by atoms with E-state index in [1.54, 1.807) is 6.07 Å². The fraction of sp³-hybridized carbons (Fsp3) is 0.333. The van der Waals surface area contributed by atoms with Crippen molar-refractivity contribution in [3.63, 3.8) is 0 Å². The predicted octanol–water partition coefficient (Wildman–Crippen LogP) is 3.31. The van der Waals surface area contributed by atoms with Gasteiger partial charge in [0, 0.05) is 23.8 Å². The fourth-order valence-electron chi connectivity index (χ4n) is 3.29. The standard InChI is InChI=1S/C21H24ClN3O2/c22-18-8-4-6-16(12-18)13-23-20(26)15-25-11-5-7-17(14-25)21(27)24-19-9-2-1-3-10-19/h1-4,6,8-10,12,17H,5,7,11,13-15H2,(H,23,26)(H,24,27)/t17-/m0/s1. The van der Waals surface area contributed by atoms with E-state index < -0.39 is 0 Å². The van der Waals surface area contributed by atoms with Crippen LogP contribution in [0.2, 0.25) is 5.02 Å². The third kappa shape index (κ3) is 6.08. The summed E-state index contributed by atoms with van der Waals surface area (Å²) in [6, 6.07) is 16.9. The number of amides is 2. The Labute approximate surface area is 164 Å². The topological polar surface area (TPSA) is 61.4 Å². The Morgan fingerprint density at radius 3 is 2.70 bits per heavy atom. The molecular formula is C21H24ClN3O2. The Hall–Kier alpha value is -2.37. The van der Waals surface area contributed by atoms with Crippen LogP contribution in [0.4, 0.5) is 5.69 Å². The zero-order valence-corrected chi connectivity index (χ0v) is 15.9. The molecule has 0 bridgehead atoms. The summed E-state index contributed by atoms with van der Waals surface area (Å²) in [6.45, 7) is 2.18. The summed E-state index contributed by atoms with van der Waals surface area (Å²) >= 11 is 5.96. The van der Waals surface area contributed by atoms with Crippen LogP contribution in [-0.2, 0) is 16.1 Å². The number of anilines is 1. The molecule has 0 radical (unpaired) electrons. The molecule has 1 atom stereocenters. The van der Waals surface area contributed by atoms with Gasteiger partial charge in [-0.2, -0.15) is 0 Å². The van der Waals surface area contributed by atoms with Gasteiger partial charge in [-0.25, -0.2) is 0 Å². The number of likely N-dealkylation sites (tertiary alicyclic amines) is 1. The van der Waals surface area contributed by atoms with E-state index in [9.17, 15) is 9.59 Å². The number of carbonyl (C=O) groups excluding carboxylic acids is 2. The SMILES string of the molecule is O=C(CN1CCC[C@H](C(=O)Nc2ccccc2)C1)NCc1cccc(Cl)c1. The molecule has 1 heterocycles. The minimum atomic E-state index is -0.0975. The van der Waals surface area contributed by atoms with Gasteiger partial charge in [-0.3, -0.25) is 14.5 Å². The molecule has 0 saturated carbocycles. The van der Waals surface area contributed by atoms with Gasteiger partial charge in [-0.15, -0.1) is 0 Å². The first kappa shape index (κ1) is 19.4. The molecule has 2 N–H and O–H groups in total. The molecule has 1 fully saturated rings. The molecule has 6 heteroatoms. The molecule has 1 aliphatic heterocycles. The van der Waals surface area contributed by atoms with Crippen LogP contribution in [0.25, 0.3) is 0 Å². The number of hydrogen-bond donors (Lipinski definition) is 2. The van der Waals surface area contributed by atoms with Crippen molar-refractivity contribution in [2.75, 3.05) is 25.0 Å². The number of nitrogens with one attached hydrogen (secondary N) is 2. The van der Waals surface area contributed by atoms with Gasteiger partial charge in [0.1, 0.15) is 0 Å². The Balaban J connectivity index is 1.46. The maximum absolute atomic E-state index is 12.5. The molecule has 1 aliphatic rings. The Morgan fingerprint density at radius 1 is 1.11 bits per heavy atom. The molecule has 3 rings (SSSR count). The third-order valence-electron chi connectivity index (χ3n) is 4.66. The molecule has 0 aliphatic carbocycles. The van der Waals surface area contributed by atoms with E-state index in [-0.39, 0.29) is 17.7 Å². The van der Waals surface area contributed by atoms with Gasteiger partial charge in [0.05, 0.1) is 12.5 Å². The molecule has 2 amide bonds. The predicted molar refractivity (Wildman–Crippen MR) is 108 cm³/mol. The number of halogens is 1. The minimum Gasteiger partial charge on any atom is -0.351 e. The first-order chi connectivity index (χ1) is 13.1. The largest absolute Gasteiger partial charge is 0.351 e. The minimum absolute atomic E-state index is 0.0187. The van der Waals surface area contributed by atoms with Gasteiger partial charge in [-0.05, 0) is 49.2 Å². The van der Waals surface area contributed by atoms with E-state index in [1.165, 1.54) is 0 Å². The highest BCUT2D eigenvalue weighted by molar-refractivity contribution is 6.30. The van der Waals surface area contributed by atoms with Gasteiger partial charge in [0.15, 0.2) is 0 Å². The number of rotatable bonds is 6. The van der Waals surface area contributed by atoms with Crippen LogP contribution in [0.1, 0.15) is 18.4 Å². The van der Waals surface area contributed by atoms with Crippen LogP contribution in [-0.4, -0.2) is 36.3 Å². The number of para-hydroxylation sites is 1. The van der Waals surface area contributed by atoms with E-state index in [1.807, 2.05) is 53.4 Å². The van der Waals surface area contributed by atoms with Gasteiger partial charge in [-0.1, -0.05) is 41.9 Å². The lowest BCUT2D eigenvalue weighted by molar-refractivity contribution is -0.125. The van der Waals surface area contributed by atoms with Crippen LogP contribution in [0.5, 0.6) is 0 Å². The number of benzene rings is 2. The van der Waals surface area contributed by atoms with Crippen molar-refractivity contribution >= 4 is 29.1 Å². The number of carbonyl (C=O) groups is 2. The highest BCUT2D eigenvalue weighted by atomic mass is 35.5. The van der Waals surface area contributed by atoms with Crippen molar-refractivity contribution in [3.8, 4) is 0 Å². The van der Waals surface area contributed by atoms with Crippen LogP contribution in [0, 0.1) is 5.92 Å². The van der Waals surface area contributed by atoms with E-state index in [0.717, 1.165) is 30.6 Å². The first-order valence-electron chi connectivity index (χ1n) is 9.19. The molecule has 5 nitrogen and oxygen atoms in total. The second kappa shape index (κ2) is 9.53. The van der Waals surface area contributed by atoms with Crippen molar-refractivity contribution in [3.05, 3.63) is 65.2 Å². The second-order valence-electron chi connectivity index (χ2n) is 6.84. The molecule has 0 spiro atoms. The zero-order chi connectivity index (χ0) is 19.1. The summed E-state index contributed by atoms with van der Waals surface area (Å²) in [7, 11) is 0. The number of hydrogen-bond acceptors (Lipinski definition) is 3. The first-order valence-corrected chi connectivity index (χ1v) is 9.57. The number of piperidine rings is 1. The van der Waals surface area contributed by atoms with E-state index in [2.05, 4.69) is 10.6 Å². The van der Waals surface area contributed by atoms with E-state index in [4.69, 9.17) is 11.6 Å². The Bertz CT molecular complexity index is 782. The van der Waals surface area contributed by atoms with Crippen LogP contribution in [0.15, 0.2) is 54.6 Å². The average molecular weight is 386 g/mol. The summed E-state index contributed by atoms with van der Waals surface area (Å²) in [6.07, 6.45) is 1.76. The molecule has 0 aromatic heterocycles. The lowest BCUT2D eigenvalue weighted by Gasteiger charge is -2.31. The highest BCUT2D eigenvalue weighted by Crippen LogP contribution is 2.18. The maximum Gasteiger partial charge on any atom is 0.234 e. The van der Waals surface area contributed by atoms with Gasteiger partial charge < -0.3 is 10.6 Å². The van der Waals surface area contributed by atoms with Crippen LogP contribution >= 0.6 is 11.6 Å². The van der Waals surface area contributed by atoms with Gasteiger partial charge in [0.2, 0.25) is 11.8 Å². The lowest BCUT2D eigenvalue weighted by Crippen LogP contribution is -2.45. The van der Waals surface area contributed by atoms with Crippen LogP contribution in [0.3, 0.4) is 0 Å². The average Bonchev–Trinajstić information content (AvgIpc) is 2.67. The molecule has 2 aromatic rings. The third-order valence-corrected chi connectivity index (χ3v) is 4.90. The maximum atomic E-state index is 12.5. The fourth-order valence-corrected chi connectivity index (χ4v) is 3.50. The summed E-state index contributed by atoms with van der Waals surface area (Å²) in [5.74, 6) is -0.121. The summed E-state index contributed by atoms with van der Waals surface area (Å²) in [5, 5.41) is 6.53. The summed E-state index contributed by atoms with van der Waals surface area (Å²) in [5.41, 5.74) is 1.77. The Morgan fingerprint density at radius 2 is 1.93 bits per heavy atom. The van der Waals surface area contributed by atoms with E-state index in [0.29, 0.717) is 24.7 Å². The van der Waals surface area contributed by atoms with Crippen molar-refractivity contribution < 1.29 is 9.59 Å². The molecule has 2 aromatic carbocycles. The van der Waals surface area contributed by atoms with Crippen molar-refractivity contribution in [2.24, 2.45) is 5.92 Å².